The van der Waals surface area contributed by atoms with Crippen LogP contribution in [0.25, 0.3) is 0 Å². The summed E-state index contributed by atoms with van der Waals surface area (Å²) in [5.74, 6) is -1.15. The predicted molar refractivity (Wildman–Crippen MR) is 78.7 cm³/mol. The van der Waals surface area contributed by atoms with Gasteiger partial charge in [-0.25, -0.2) is 0 Å². The molecule has 126 valence electrons. The van der Waals surface area contributed by atoms with Crippen LogP contribution in [0, 0.1) is 0 Å². The van der Waals surface area contributed by atoms with Crippen LogP contribution < -0.4 is 5.32 Å². The quantitative estimate of drug-likeness (QED) is 0.924. The van der Waals surface area contributed by atoms with Crippen LogP contribution in [0.15, 0.2) is 24.3 Å². The van der Waals surface area contributed by atoms with Gasteiger partial charge < -0.3 is 10.2 Å². The highest BCUT2D eigenvalue weighted by atomic mass is 19.4. The van der Waals surface area contributed by atoms with Crippen LogP contribution in [0.5, 0.6) is 0 Å². The first-order valence-corrected chi connectivity index (χ1v) is 7.57. The Hall–Kier alpha value is -2.05. The highest BCUT2D eigenvalue weighted by Gasteiger charge is 2.30. The smallest absolute Gasteiger partial charge is 0.352 e. The predicted octanol–water partition coefficient (Wildman–Crippen LogP) is 2.88. The molecule has 1 fully saturated rings. The molecule has 0 aliphatic carbocycles. The first-order valence-electron chi connectivity index (χ1n) is 7.57. The summed E-state index contributed by atoms with van der Waals surface area (Å²) in [6.07, 6.45) is -2.93. The number of nitrogens with zero attached hydrogens (tertiary/aromatic N) is 1. The molecular weight excluding hydrogens is 309 g/mol. The van der Waals surface area contributed by atoms with Crippen LogP contribution in [-0.2, 0) is 11.3 Å². The molecule has 4 nitrogen and oxygen atoms in total. The van der Waals surface area contributed by atoms with Crippen molar-refractivity contribution in [2.45, 2.75) is 38.4 Å². The molecule has 0 bridgehead atoms. The molecule has 1 aromatic carbocycles. The van der Waals surface area contributed by atoms with E-state index in [4.69, 9.17) is 0 Å². The number of amides is 2. The zero-order chi connectivity index (χ0) is 16.9. The van der Waals surface area contributed by atoms with Gasteiger partial charge in [-0.05, 0) is 37.0 Å². The Balaban J connectivity index is 1.94. The molecule has 1 aromatic rings. The Bertz CT molecular complexity index is 567. The molecule has 1 aliphatic rings. The van der Waals surface area contributed by atoms with E-state index in [2.05, 4.69) is 5.32 Å². The van der Waals surface area contributed by atoms with Gasteiger partial charge >= 0.3 is 6.18 Å². The van der Waals surface area contributed by atoms with Crippen molar-refractivity contribution < 1.29 is 22.8 Å². The molecule has 23 heavy (non-hydrogen) atoms. The molecule has 7 heteroatoms. The Labute approximate surface area is 132 Å². The van der Waals surface area contributed by atoms with Crippen molar-refractivity contribution in [1.82, 2.24) is 10.2 Å². The number of likely N-dealkylation sites (tertiary alicyclic amines) is 1. The van der Waals surface area contributed by atoms with Crippen molar-refractivity contribution in [2.24, 2.45) is 0 Å². The summed E-state index contributed by atoms with van der Waals surface area (Å²) >= 11 is 0. The number of halogens is 3. The molecule has 1 saturated heterocycles. The third-order valence-corrected chi connectivity index (χ3v) is 3.67. The highest BCUT2D eigenvalue weighted by molar-refractivity contribution is 5.94. The van der Waals surface area contributed by atoms with E-state index < -0.39 is 18.5 Å². The van der Waals surface area contributed by atoms with Gasteiger partial charge in [0.25, 0.3) is 5.91 Å². The lowest BCUT2D eigenvalue weighted by Crippen LogP contribution is -2.35. The number of carbonyl (C=O) groups excluding carboxylic acids is 2. The fraction of sp³-hybridized carbons (Fsp3) is 0.500. The van der Waals surface area contributed by atoms with Gasteiger partial charge in [-0.15, -0.1) is 0 Å². The van der Waals surface area contributed by atoms with Gasteiger partial charge in [0.05, 0.1) is 0 Å². The van der Waals surface area contributed by atoms with Gasteiger partial charge in [-0.1, -0.05) is 12.1 Å². The molecule has 0 aromatic heterocycles. The lowest BCUT2D eigenvalue weighted by molar-refractivity contribution is -0.153. The normalized spacial score (nSPS) is 15.3. The van der Waals surface area contributed by atoms with E-state index in [0.29, 0.717) is 11.1 Å². The lowest BCUT2D eigenvalue weighted by atomic mass is 10.1. The molecule has 0 saturated carbocycles. The molecule has 2 rings (SSSR count). The zero-order valence-corrected chi connectivity index (χ0v) is 12.7. The van der Waals surface area contributed by atoms with Crippen molar-refractivity contribution in [3.63, 3.8) is 0 Å². The molecule has 0 atom stereocenters. The summed E-state index contributed by atoms with van der Waals surface area (Å²) in [7, 11) is 0. The van der Waals surface area contributed by atoms with Crippen LogP contribution in [0.4, 0.5) is 13.2 Å². The Kier molecular flexibility index (Phi) is 5.63. The second-order valence-corrected chi connectivity index (χ2v) is 5.62. The average Bonchev–Trinajstić information content (AvgIpc) is 2.52. The molecule has 2 amide bonds. The second-order valence-electron chi connectivity index (χ2n) is 5.62. The molecule has 0 spiro atoms. The van der Waals surface area contributed by atoms with Gasteiger partial charge in [0.2, 0.25) is 5.91 Å². The van der Waals surface area contributed by atoms with Crippen LogP contribution >= 0.6 is 0 Å². The van der Waals surface area contributed by atoms with E-state index in [1.807, 2.05) is 0 Å². The summed E-state index contributed by atoms with van der Waals surface area (Å²) in [4.78, 5) is 25.3. The van der Waals surface area contributed by atoms with Gasteiger partial charge in [0, 0.05) is 25.2 Å². The maximum atomic E-state index is 12.4. The number of hydrogen-bond acceptors (Lipinski definition) is 2. The summed E-state index contributed by atoms with van der Waals surface area (Å²) in [6.45, 7) is 1.42. The van der Waals surface area contributed by atoms with Crippen molar-refractivity contribution >= 4 is 11.8 Å². The number of rotatable bonds is 4. The first-order chi connectivity index (χ1) is 10.8. The number of nitrogens with one attached hydrogen (secondary N) is 1. The summed E-state index contributed by atoms with van der Waals surface area (Å²) in [5.41, 5.74) is 1.10. The molecule has 0 unspecified atom stereocenters. The highest BCUT2D eigenvalue weighted by Crippen LogP contribution is 2.19. The van der Waals surface area contributed by atoms with Crippen LogP contribution in [-0.4, -0.2) is 36.0 Å². The van der Waals surface area contributed by atoms with E-state index in [1.54, 1.807) is 29.2 Å². The molecular formula is C16H19F3N2O2. The largest absolute Gasteiger partial charge is 0.397 e. The fourth-order valence-corrected chi connectivity index (χ4v) is 2.54. The van der Waals surface area contributed by atoms with Gasteiger partial charge in [0.1, 0.15) is 6.42 Å². The third kappa shape index (κ3) is 5.58. The third-order valence-electron chi connectivity index (χ3n) is 3.67. The summed E-state index contributed by atoms with van der Waals surface area (Å²) in [5, 5.41) is 2.22. The minimum Gasteiger partial charge on any atom is -0.352 e. The Morgan fingerprint density at radius 1 is 1.13 bits per heavy atom. The van der Waals surface area contributed by atoms with E-state index >= 15 is 0 Å². The molecule has 0 radical (unpaired) electrons. The van der Waals surface area contributed by atoms with E-state index in [0.717, 1.165) is 32.4 Å². The van der Waals surface area contributed by atoms with E-state index in [1.165, 1.54) is 0 Å². The monoisotopic (exact) mass is 328 g/mol. The summed E-state index contributed by atoms with van der Waals surface area (Å²) < 4.78 is 36.3. The SMILES string of the molecule is O=C(CC(F)(F)F)NCc1cccc(C(=O)N2CCCCC2)c1. The Morgan fingerprint density at radius 3 is 2.48 bits per heavy atom. The topological polar surface area (TPSA) is 49.4 Å². The average molecular weight is 328 g/mol. The van der Waals surface area contributed by atoms with Gasteiger partial charge in [-0.2, -0.15) is 13.2 Å². The molecule has 1 heterocycles. The first kappa shape index (κ1) is 17.3. The van der Waals surface area contributed by atoms with E-state index in [-0.39, 0.29) is 12.5 Å². The zero-order valence-electron chi connectivity index (χ0n) is 12.7. The van der Waals surface area contributed by atoms with Crippen molar-refractivity contribution in [3.8, 4) is 0 Å². The number of carbonyl (C=O) groups is 2. The van der Waals surface area contributed by atoms with Crippen molar-refractivity contribution in [3.05, 3.63) is 35.4 Å². The minimum absolute atomic E-state index is 0.0317. The number of hydrogen-bond donors (Lipinski definition) is 1. The van der Waals surface area contributed by atoms with Crippen LogP contribution in [0.1, 0.15) is 41.6 Å². The number of piperidine rings is 1. The van der Waals surface area contributed by atoms with Crippen LogP contribution in [0.2, 0.25) is 0 Å². The summed E-state index contributed by atoms with van der Waals surface area (Å²) in [6, 6.07) is 6.63. The standard InChI is InChI=1S/C16H19F3N2O2/c17-16(18,19)10-14(22)20-11-12-5-4-6-13(9-12)15(23)21-7-2-1-3-8-21/h4-6,9H,1-3,7-8,10-11H2,(H,20,22). The number of alkyl halides is 3. The van der Waals surface area contributed by atoms with E-state index in [9.17, 15) is 22.8 Å². The molecule has 1 N–H and O–H groups in total. The molecule has 1 aliphatic heterocycles. The number of benzene rings is 1. The second kappa shape index (κ2) is 7.48. The van der Waals surface area contributed by atoms with Crippen molar-refractivity contribution in [1.29, 1.82) is 0 Å². The fourth-order valence-electron chi connectivity index (χ4n) is 2.54. The maximum Gasteiger partial charge on any atom is 0.397 e. The van der Waals surface area contributed by atoms with Crippen molar-refractivity contribution in [2.75, 3.05) is 13.1 Å². The lowest BCUT2D eigenvalue weighted by Gasteiger charge is -2.26. The van der Waals surface area contributed by atoms with Gasteiger partial charge in [-0.3, -0.25) is 9.59 Å². The van der Waals surface area contributed by atoms with Gasteiger partial charge in [0.15, 0.2) is 0 Å². The Morgan fingerprint density at radius 2 is 1.83 bits per heavy atom. The van der Waals surface area contributed by atoms with Crippen LogP contribution in [0.3, 0.4) is 0 Å². The minimum atomic E-state index is -4.52. The maximum absolute atomic E-state index is 12.4.